The van der Waals surface area contributed by atoms with Gasteiger partial charge in [-0.15, -0.1) is 11.3 Å². The summed E-state index contributed by atoms with van der Waals surface area (Å²) in [6.07, 6.45) is 9.07. The number of carboxylic acids is 1. The van der Waals surface area contributed by atoms with Gasteiger partial charge >= 0.3 is 5.97 Å². The summed E-state index contributed by atoms with van der Waals surface area (Å²) in [5.74, 6) is -2.66. The number of nitrogens with one attached hydrogen (secondary N) is 2. The Morgan fingerprint density at radius 3 is 2.26 bits per heavy atom. The largest absolute Gasteiger partial charge is 0.481 e. The molecule has 3 N–H and O–H groups in total. The molecule has 31 heavy (non-hydrogen) atoms. The standard InChI is InChI=1S/C24H32N2O4S/c1-13-11-17(18(24(29)30)12-14(13)2)21(27)26-23-20(16-9-5-6-10-19(16)31-23)22(28)25-15-7-3-4-8-15/h15,17-18H,3-12H2,1-2H3,(H,25,28)(H,26,27)(H,29,30)/t17-,18-/m0/s1. The molecule has 1 saturated carbocycles. The minimum Gasteiger partial charge on any atom is -0.481 e. The Labute approximate surface area is 187 Å². The monoisotopic (exact) mass is 444 g/mol. The van der Waals surface area contributed by atoms with Gasteiger partial charge in [-0.2, -0.15) is 0 Å². The molecule has 3 aliphatic carbocycles. The van der Waals surface area contributed by atoms with E-state index in [4.69, 9.17) is 0 Å². The minimum absolute atomic E-state index is 0.0908. The Kier molecular flexibility index (Phi) is 6.51. The zero-order valence-corrected chi connectivity index (χ0v) is 19.2. The molecule has 168 valence electrons. The average molecular weight is 445 g/mol. The molecule has 0 saturated heterocycles. The van der Waals surface area contributed by atoms with Crippen molar-refractivity contribution in [1.82, 2.24) is 5.32 Å². The van der Waals surface area contributed by atoms with Crippen LogP contribution in [0.3, 0.4) is 0 Å². The lowest BCUT2D eigenvalue weighted by atomic mass is 9.76. The topological polar surface area (TPSA) is 95.5 Å². The molecule has 3 aliphatic rings. The van der Waals surface area contributed by atoms with E-state index in [2.05, 4.69) is 10.6 Å². The molecule has 1 heterocycles. The lowest BCUT2D eigenvalue weighted by molar-refractivity contribution is -0.146. The van der Waals surface area contributed by atoms with E-state index in [1.54, 1.807) is 0 Å². The summed E-state index contributed by atoms with van der Waals surface area (Å²) in [4.78, 5) is 39.5. The number of rotatable bonds is 5. The molecule has 0 spiro atoms. The van der Waals surface area contributed by atoms with E-state index >= 15 is 0 Å². The second kappa shape index (κ2) is 9.15. The van der Waals surface area contributed by atoms with Crippen LogP contribution >= 0.6 is 11.3 Å². The Bertz CT molecular complexity index is 926. The normalized spacial score (nSPS) is 24.1. The Morgan fingerprint density at radius 1 is 0.935 bits per heavy atom. The van der Waals surface area contributed by atoms with Crippen LogP contribution in [0.1, 0.15) is 86.0 Å². The number of aryl methyl sites for hydroxylation is 1. The summed E-state index contributed by atoms with van der Waals surface area (Å²) in [6, 6.07) is 0.209. The third-order valence-corrected chi connectivity index (χ3v) is 8.45. The number of hydrogen-bond acceptors (Lipinski definition) is 4. The molecule has 1 aromatic heterocycles. The third kappa shape index (κ3) is 4.56. The summed E-state index contributed by atoms with van der Waals surface area (Å²) in [6.45, 7) is 3.91. The minimum atomic E-state index is -0.934. The highest BCUT2D eigenvalue weighted by Crippen LogP contribution is 2.40. The number of anilines is 1. The Hall–Kier alpha value is -2.15. The molecule has 2 atom stereocenters. The molecule has 0 aliphatic heterocycles. The maximum atomic E-state index is 13.2. The van der Waals surface area contributed by atoms with Crippen molar-refractivity contribution < 1.29 is 19.5 Å². The van der Waals surface area contributed by atoms with Gasteiger partial charge in [-0.05, 0) is 70.8 Å². The molecule has 0 radical (unpaired) electrons. The second-order valence-corrected chi connectivity index (χ2v) is 10.5. The number of amides is 2. The number of hydrogen-bond donors (Lipinski definition) is 3. The van der Waals surface area contributed by atoms with E-state index in [9.17, 15) is 19.5 Å². The summed E-state index contributed by atoms with van der Waals surface area (Å²) < 4.78 is 0. The van der Waals surface area contributed by atoms with Crippen molar-refractivity contribution >= 4 is 34.1 Å². The van der Waals surface area contributed by atoms with Crippen LogP contribution in [0.25, 0.3) is 0 Å². The fraction of sp³-hybridized carbons (Fsp3) is 0.625. The van der Waals surface area contributed by atoms with Gasteiger partial charge in [0.05, 0.1) is 17.4 Å². The van der Waals surface area contributed by atoms with E-state index < -0.39 is 17.8 Å². The average Bonchev–Trinajstić information content (AvgIpc) is 3.36. The molecular weight excluding hydrogens is 412 g/mol. The maximum absolute atomic E-state index is 13.2. The lowest BCUT2D eigenvalue weighted by Gasteiger charge is -2.29. The highest BCUT2D eigenvalue weighted by atomic mass is 32.1. The van der Waals surface area contributed by atoms with Crippen molar-refractivity contribution in [2.75, 3.05) is 5.32 Å². The fourth-order valence-electron chi connectivity index (χ4n) is 5.25. The molecule has 1 fully saturated rings. The number of allylic oxidation sites excluding steroid dienone is 2. The first-order chi connectivity index (χ1) is 14.8. The van der Waals surface area contributed by atoms with Crippen LogP contribution in [0.2, 0.25) is 0 Å². The zero-order valence-electron chi connectivity index (χ0n) is 18.4. The Balaban J connectivity index is 1.60. The fourth-order valence-corrected chi connectivity index (χ4v) is 6.54. The number of carbonyl (C=O) groups excluding carboxylic acids is 2. The summed E-state index contributed by atoms with van der Waals surface area (Å²) in [5.41, 5.74) is 3.83. The first-order valence-electron chi connectivity index (χ1n) is 11.5. The van der Waals surface area contributed by atoms with Crippen molar-refractivity contribution in [3.05, 3.63) is 27.2 Å². The number of fused-ring (bicyclic) bond motifs is 1. The predicted octanol–water partition coefficient (Wildman–Crippen LogP) is 4.69. The van der Waals surface area contributed by atoms with E-state index in [0.717, 1.165) is 68.1 Å². The number of aliphatic carboxylic acids is 1. The number of carbonyl (C=O) groups is 3. The van der Waals surface area contributed by atoms with Crippen LogP contribution in [0, 0.1) is 11.8 Å². The van der Waals surface area contributed by atoms with Crippen LogP contribution in [0.4, 0.5) is 5.00 Å². The predicted molar refractivity (Wildman–Crippen MR) is 122 cm³/mol. The van der Waals surface area contributed by atoms with E-state index in [1.165, 1.54) is 16.2 Å². The quantitative estimate of drug-likeness (QED) is 0.574. The third-order valence-electron chi connectivity index (χ3n) is 7.25. The van der Waals surface area contributed by atoms with E-state index in [-0.39, 0.29) is 17.9 Å². The molecular formula is C24H32N2O4S. The van der Waals surface area contributed by atoms with Gasteiger partial charge in [-0.3, -0.25) is 14.4 Å². The van der Waals surface area contributed by atoms with Crippen LogP contribution in [-0.2, 0) is 22.4 Å². The van der Waals surface area contributed by atoms with Gasteiger partial charge in [0.15, 0.2) is 0 Å². The van der Waals surface area contributed by atoms with Gasteiger partial charge in [-0.25, -0.2) is 0 Å². The Morgan fingerprint density at radius 2 is 1.58 bits per heavy atom. The summed E-state index contributed by atoms with van der Waals surface area (Å²) in [5, 5.41) is 16.5. The highest BCUT2D eigenvalue weighted by Gasteiger charge is 2.38. The van der Waals surface area contributed by atoms with Gasteiger partial charge in [0.25, 0.3) is 5.91 Å². The lowest BCUT2D eigenvalue weighted by Crippen LogP contribution is -2.37. The number of thiophene rings is 1. The van der Waals surface area contributed by atoms with Crippen LogP contribution in [-0.4, -0.2) is 28.9 Å². The SMILES string of the molecule is CC1=C(C)C[C@H](C(=O)Nc2sc3c(c2C(=O)NC2CCCC2)CCCC3)[C@@H](C(=O)O)C1. The van der Waals surface area contributed by atoms with E-state index in [0.29, 0.717) is 23.4 Å². The smallest absolute Gasteiger partial charge is 0.307 e. The van der Waals surface area contributed by atoms with Crippen molar-refractivity contribution in [3.8, 4) is 0 Å². The molecule has 7 heteroatoms. The van der Waals surface area contributed by atoms with Crippen molar-refractivity contribution in [2.45, 2.75) is 84.1 Å². The van der Waals surface area contributed by atoms with E-state index in [1.807, 2.05) is 13.8 Å². The van der Waals surface area contributed by atoms with Crippen LogP contribution in [0.15, 0.2) is 11.1 Å². The van der Waals surface area contributed by atoms with Gasteiger partial charge in [0.1, 0.15) is 5.00 Å². The van der Waals surface area contributed by atoms with Crippen molar-refractivity contribution in [1.29, 1.82) is 0 Å². The molecule has 0 bridgehead atoms. The highest BCUT2D eigenvalue weighted by molar-refractivity contribution is 7.17. The first-order valence-corrected chi connectivity index (χ1v) is 12.3. The summed E-state index contributed by atoms with van der Waals surface area (Å²) in [7, 11) is 0. The summed E-state index contributed by atoms with van der Waals surface area (Å²) >= 11 is 1.50. The maximum Gasteiger partial charge on any atom is 0.307 e. The molecule has 6 nitrogen and oxygen atoms in total. The van der Waals surface area contributed by atoms with Gasteiger partial charge in [-0.1, -0.05) is 24.0 Å². The van der Waals surface area contributed by atoms with Gasteiger partial charge in [0, 0.05) is 10.9 Å². The molecule has 0 unspecified atom stereocenters. The second-order valence-electron chi connectivity index (χ2n) is 9.38. The molecule has 1 aromatic rings. The molecule has 4 rings (SSSR count). The number of carboxylic acid groups (broad SMARTS) is 1. The zero-order chi connectivity index (χ0) is 22.1. The van der Waals surface area contributed by atoms with Crippen LogP contribution < -0.4 is 10.6 Å². The molecule has 0 aromatic carbocycles. The van der Waals surface area contributed by atoms with Crippen molar-refractivity contribution in [3.63, 3.8) is 0 Å². The van der Waals surface area contributed by atoms with Gasteiger partial charge < -0.3 is 15.7 Å². The van der Waals surface area contributed by atoms with Gasteiger partial charge in [0.2, 0.25) is 5.91 Å². The van der Waals surface area contributed by atoms with Crippen molar-refractivity contribution in [2.24, 2.45) is 11.8 Å². The van der Waals surface area contributed by atoms with Crippen LogP contribution in [0.5, 0.6) is 0 Å². The first kappa shape index (κ1) is 22.1. The molecule has 2 amide bonds.